The maximum Gasteiger partial charge on any atom is 0.224 e. The molecule has 3 rings (SSSR count). The van der Waals surface area contributed by atoms with Crippen LogP contribution in [0.25, 0.3) is 10.7 Å². The van der Waals surface area contributed by atoms with Crippen LogP contribution in [0, 0.1) is 4.77 Å². The van der Waals surface area contributed by atoms with Gasteiger partial charge in [-0.05, 0) is 41.4 Å². The molecule has 1 aromatic carbocycles. The second kappa shape index (κ2) is 7.95. The van der Waals surface area contributed by atoms with Gasteiger partial charge in [-0.1, -0.05) is 29.8 Å². The van der Waals surface area contributed by atoms with Crippen molar-refractivity contribution in [3.8, 4) is 10.7 Å². The van der Waals surface area contributed by atoms with Gasteiger partial charge in [-0.3, -0.25) is 14.5 Å². The first-order chi connectivity index (χ1) is 12.0. The van der Waals surface area contributed by atoms with Crippen LogP contribution in [0.2, 0.25) is 5.02 Å². The summed E-state index contributed by atoms with van der Waals surface area (Å²) in [6, 6.07) is 11.5. The molecule has 2 heterocycles. The molecule has 0 spiro atoms. The minimum atomic E-state index is 0.0419. The van der Waals surface area contributed by atoms with Gasteiger partial charge >= 0.3 is 0 Å². The van der Waals surface area contributed by atoms with Crippen molar-refractivity contribution in [2.24, 2.45) is 0 Å². The third-order valence-electron chi connectivity index (χ3n) is 3.78. The summed E-state index contributed by atoms with van der Waals surface area (Å²) in [7, 11) is 1.79. The largest absolute Gasteiger partial charge is 0.341 e. The Labute approximate surface area is 159 Å². The number of rotatable bonds is 6. The predicted octanol–water partition coefficient (Wildman–Crippen LogP) is 4.37. The number of nitrogens with zero attached hydrogens (tertiary/aromatic N) is 3. The average molecular weight is 393 g/mol. The minimum absolute atomic E-state index is 0.0419. The molecule has 0 radical (unpaired) electrons. The van der Waals surface area contributed by atoms with Gasteiger partial charge in [0.1, 0.15) is 0 Å². The summed E-state index contributed by atoms with van der Waals surface area (Å²) in [5.74, 6) is 0.811. The van der Waals surface area contributed by atoms with Crippen LogP contribution in [-0.4, -0.2) is 32.6 Å². The van der Waals surface area contributed by atoms with Crippen LogP contribution in [0.4, 0.5) is 0 Å². The van der Waals surface area contributed by atoms with Crippen molar-refractivity contribution < 1.29 is 4.79 Å². The second-order valence-electron chi connectivity index (χ2n) is 5.61. The van der Waals surface area contributed by atoms with Gasteiger partial charge in [0.05, 0.1) is 4.88 Å². The Morgan fingerprint density at radius 1 is 1.40 bits per heavy atom. The van der Waals surface area contributed by atoms with Gasteiger partial charge in [-0.2, -0.15) is 5.10 Å². The van der Waals surface area contributed by atoms with E-state index in [1.165, 1.54) is 0 Å². The lowest BCUT2D eigenvalue weighted by atomic mass is 10.2. The molecule has 25 heavy (non-hydrogen) atoms. The number of aromatic amines is 1. The first kappa shape index (κ1) is 17.8. The monoisotopic (exact) mass is 392 g/mol. The summed E-state index contributed by atoms with van der Waals surface area (Å²) >= 11 is 12.9. The number of H-pyrrole nitrogens is 1. The number of carbonyl (C=O) groups is 1. The molecule has 3 aromatic rings. The Balaban J connectivity index is 1.65. The highest BCUT2D eigenvalue weighted by molar-refractivity contribution is 7.71. The van der Waals surface area contributed by atoms with Crippen LogP contribution in [0.3, 0.4) is 0 Å². The normalized spacial score (nSPS) is 10.8. The van der Waals surface area contributed by atoms with Crippen LogP contribution in [0.5, 0.6) is 0 Å². The smallest absolute Gasteiger partial charge is 0.224 e. The molecule has 8 heteroatoms. The molecule has 0 unspecified atom stereocenters. The fraction of sp³-hybridized carbons (Fsp3) is 0.235. The zero-order valence-electron chi connectivity index (χ0n) is 13.6. The second-order valence-corrected chi connectivity index (χ2v) is 7.38. The number of halogens is 1. The molecule has 0 saturated heterocycles. The number of thiophene rings is 1. The van der Waals surface area contributed by atoms with Crippen molar-refractivity contribution in [3.63, 3.8) is 0 Å². The first-order valence-corrected chi connectivity index (χ1v) is 9.38. The standard InChI is InChI=1S/C17H17ClN4OS2/c1-21(11-12-4-2-5-13(18)10-12)15(23)7-8-22-16(19-20-17(22)24)14-6-3-9-25-14/h2-6,9-10H,7-8,11H2,1H3,(H,20,24). The Morgan fingerprint density at radius 3 is 2.96 bits per heavy atom. The molecule has 130 valence electrons. The van der Waals surface area contributed by atoms with E-state index in [9.17, 15) is 4.79 Å². The molecule has 0 aliphatic rings. The molecule has 2 aromatic heterocycles. The fourth-order valence-corrected chi connectivity index (χ4v) is 3.67. The number of amides is 1. The van der Waals surface area contributed by atoms with Gasteiger partial charge in [-0.15, -0.1) is 11.3 Å². The van der Waals surface area contributed by atoms with Crippen LogP contribution >= 0.6 is 35.2 Å². The average Bonchev–Trinajstić information content (AvgIpc) is 3.22. The maximum atomic E-state index is 12.5. The van der Waals surface area contributed by atoms with E-state index in [0.717, 1.165) is 16.3 Å². The van der Waals surface area contributed by atoms with Crippen LogP contribution in [-0.2, 0) is 17.9 Å². The third kappa shape index (κ3) is 4.36. The summed E-state index contributed by atoms with van der Waals surface area (Å²) in [6.45, 7) is 1.01. The SMILES string of the molecule is CN(Cc1cccc(Cl)c1)C(=O)CCn1c(-c2cccs2)n[nH]c1=S. The molecule has 0 aliphatic carbocycles. The van der Waals surface area contributed by atoms with E-state index in [1.54, 1.807) is 23.3 Å². The van der Waals surface area contributed by atoms with Crippen LogP contribution in [0.1, 0.15) is 12.0 Å². The number of hydrogen-bond donors (Lipinski definition) is 1. The molecular formula is C17H17ClN4OS2. The summed E-state index contributed by atoms with van der Waals surface area (Å²) < 4.78 is 2.39. The lowest BCUT2D eigenvalue weighted by Gasteiger charge is -2.17. The summed E-state index contributed by atoms with van der Waals surface area (Å²) in [4.78, 5) is 15.2. The summed E-state index contributed by atoms with van der Waals surface area (Å²) in [6.07, 6.45) is 0.350. The van der Waals surface area contributed by atoms with E-state index in [0.29, 0.717) is 29.3 Å². The van der Waals surface area contributed by atoms with E-state index in [1.807, 2.05) is 46.3 Å². The molecule has 5 nitrogen and oxygen atoms in total. The molecule has 0 saturated carbocycles. The van der Waals surface area contributed by atoms with Gasteiger partial charge in [-0.25, -0.2) is 0 Å². The first-order valence-electron chi connectivity index (χ1n) is 7.72. The molecule has 0 aliphatic heterocycles. The topological polar surface area (TPSA) is 53.9 Å². The van der Waals surface area contributed by atoms with Crippen molar-refractivity contribution in [2.75, 3.05) is 7.05 Å². The zero-order valence-corrected chi connectivity index (χ0v) is 16.0. The molecule has 1 N–H and O–H groups in total. The number of aromatic nitrogens is 3. The fourth-order valence-electron chi connectivity index (χ4n) is 2.51. The number of benzene rings is 1. The Bertz CT molecular complexity index is 917. The molecule has 0 bridgehead atoms. The molecule has 1 amide bonds. The van der Waals surface area contributed by atoms with E-state index < -0.39 is 0 Å². The van der Waals surface area contributed by atoms with Crippen molar-refractivity contribution in [1.82, 2.24) is 19.7 Å². The van der Waals surface area contributed by atoms with Gasteiger partial charge in [0.15, 0.2) is 10.6 Å². The quantitative estimate of drug-likeness (QED) is 0.633. The van der Waals surface area contributed by atoms with E-state index in [4.69, 9.17) is 23.8 Å². The number of hydrogen-bond acceptors (Lipinski definition) is 4. The van der Waals surface area contributed by atoms with Crippen molar-refractivity contribution in [1.29, 1.82) is 0 Å². The van der Waals surface area contributed by atoms with Gasteiger partial charge in [0, 0.05) is 31.6 Å². The van der Waals surface area contributed by atoms with Crippen molar-refractivity contribution >= 4 is 41.1 Å². The van der Waals surface area contributed by atoms with Gasteiger partial charge < -0.3 is 4.90 Å². The van der Waals surface area contributed by atoms with Crippen molar-refractivity contribution in [3.05, 3.63) is 57.1 Å². The number of nitrogens with one attached hydrogen (secondary N) is 1. The maximum absolute atomic E-state index is 12.5. The molecule has 0 fully saturated rings. The van der Waals surface area contributed by atoms with Gasteiger partial charge in [0.2, 0.25) is 5.91 Å². The van der Waals surface area contributed by atoms with E-state index in [-0.39, 0.29) is 5.91 Å². The highest BCUT2D eigenvalue weighted by Crippen LogP contribution is 2.23. The Kier molecular flexibility index (Phi) is 5.67. The number of carbonyl (C=O) groups excluding carboxylic acids is 1. The lowest BCUT2D eigenvalue weighted by molar-refractivity contribution is -0.130. The van der Waals surface area contributed by atoms with Crippen LogP contribution in [0.15, 0.2) is 41.8 Å². The van der Waals surface area contributed by atoms with Gasteiger partial charge in [0.25, 0.3) is 0 Å². The Hall–Kier alpha value is -1.96. The lowest BCUT2D eigenvalue weighted by Crippen LogP contribution is -2.27. The van der Waals surface area contributed by atoms with E-state index >= 15 is 0 Å². The predicted molar refractivity (Wildman–Crippen MR) is 103 cm³/mol. The Morgan fingerprint density at radius 2 is 2.24 bits per heavy atom. The highest BCUT2D eigenvalue weighted by Gasteiger charge is 2.14. The highest BCUT2D eigenvalue weighted by atomic mass is 35.5. The van der Waals surface area contributed by atoms with E-state index in [2.05, 4.69) is 10.2 Å². The minimum Gasteiger partial charge on any atom is -0.341 e. The summed E-state index contributed by atoms with van der Waals surface area (Å²) in [5, 5.41) is 9.74. The van der Waals surface area contributed by atoms with Crippen molar-refractivity contribution in [2.45, 2.75) is 19.5 Å². The summed E-state index contributed by atoms with van der Waals surface area (Å²) in [5.41, 5.74) is 1.00. The van der Waals surface area contributed by atoms with Crippen LogP contribution < -0.4 is 0 Å². The zero-order chi connectivity index (χ0) is 17.8. The molecule has 0 atom stereocenters. The third-order valence-corrected chi connectivity index (χ3v) is 5.20. The molecular weight excluding hydrogens is 376 g/mol.